The summed E-state index contributed by atoms with van der Waals surface area (Å²) in [6, 6.07) is 26.8. The van der Waals surface area contributed by atoms with Crippen LogP contribution in [-0.2, 0) is 14.4 Å². The highest BCUT2D eigenvalue weighted by Crippen LogP contribution is 2.23. The van der Waals surface area contributed by atoms with Gasteiger partial charge in [-0.15, -0.1) is 0 Å². The van der Waals surface area contributed by atoms with Crippen molar-refractivity contribution in [2.45, 2.75) is 110 Å². The van der Waals surface area contributed by atoms with Gasteiger partial charge < -0.3 is 25.8 Å². The monoisotopic (exact) mass is 1000 g/mol. The van der Waals surface area contributed by atoms with Crippen molar-refractivity contribution in [1.82, 2.24) is 10.6 Å². The molecular formula is C59H71Cl2N3O7. The van der Waals surface area contributed by atoms with Crippen LogP contribution in [0.5, 0.6) is 11.5 Å². The van der Waals surface area contributed by atoms with E-state index in [1.54, 1.807) is 125 Å². The summed E-state index contributed by atoms with van der Waals surface area (Å²) in [5.74, 6) is 0.451. The Morgan fingerprint density at radius 1 is 0.493 bits per heavy atom. The maximum absolute atomic E-state index is 12.7. The molecule has 0 heterocycles. The van der Waals surface area contributed by atoms with E-state index >= 15 is 0 Å². The lowest BCUT2D eigenvalue weighted by Crippen LogP contribution is -2.47. The van der Waals surface area contributed by atoms with Crippen LogP contribution in [0, 0.1) is 0 Å². The number of nitrogens with one attached hydrogen (secondary N) is 2. The largest absolute Gasteiger partial charge is 0.478 e. The molecule has 0 aromatic heterocycles. The molecule has 0 radical (unpaired) electrons. The number of unbranched alkanes of at least 4 members (excludes halogenated alkanes) is 1. The molecule has 4 N–H and O–H groups in total. The van der Waals surface area contributed by atoms with Gasteiger partial charge in [0.25, 0.3) is 11.8 Å². The Labute approximate surface area is 431 Å². The molecule has 0 atom stereocenters. The molecule has 0 aliphatic carbocycles. The molecule has 12 heteroatoms. The summed E-state index contributed by atoms with van der Waals surface area (Å²) in [6.45, 7) is 10.0. The Morgan fingerprint density at radius 2 is 0.831 bits per heavy atom. The molecule has 71 heavy (non-hydrogen) atoms. The van der Waals surface area contributed by atoms with E-state index in [2.05, 4.69) is 78.3 Å². The summed E-state index contributed by atoms with van der Waals surface area (Å²) in [4.78, 5) is 62.1. The van der Waals surface area contributed by atoms with Gasteiger partial charge in [0.2, 0.25) is 0 Å². The number of ether oxygens (including phenoxy) is 2. The Morgan fingerprint density at radius 3 is 1.21 bits per heavy atom. The zero-order valence-electron chi connectivity index (χ0n) is 41.9. The molecule has 0 spiro atoms. The van der Waals surface area contributed by atoms with Gasteiger partial charge in [0.05, 0.1) is 0 Å². The number of carbonyl (C=O) groups is 5. The van der Waals surface area contributed by atoms with E-state index in [0.29, 0.717) is 82.7 Å². The molecular weight excluding hydrogens is 934 g/mol. The Kier molecular flexibility index (Phi) is 27.0. The first-order valence-electron chi connectivity index (χ1n) is 24.3. The summed E-state index contributed by atoms with van der Waals surface area (Å²) < 4.78 is 11.7. The molecule has 0 aliphatic heterocycles. The highest BCUT2D eigenvalue weighted by atomic mass is 35.5. The van der Waals surface area contributed by atoms with Crippen LogP contribution < -0.4 is 25.8 Å². The molecule has 0 unspecified atom stereocenters. The first kappa shape index (κ1) is 59.0. The van der Waals surface area contributed by atoms with Crippen molar-refractivity contribution >= 4 is 52.4 Å². The molecule has 4 rings (SSSR count). The van der Waals surface area contributed by atoms with Gasteiger partial charge in [-0.1, -0.05) is 90.9 Å². The normalized spacial score (nSPS) is 11.8. The van der Waals surface area contributed by atoms with Gasteiger partial charge in [-0.05, 0) is 176 Å². The van der Waals surface area contributed by atoms with Crippen molar-refractivity contribution in [3.8, 4) is 11.5 Å². The summed E-state index contributed by atoms with van der Waals surface area (Å²) in [5, 5.41) is 6.72. The highest BCUT2D eigenvalue weighted by Gasteiger charge is 2.30. The van der Waals surface area contributed by atoms with E-state index in [0.717, 1.165) is 44.9 Å². The van der Waals surface area contributed by atoms with E-state index < -0.39 is 11.2 Å². The van der Waals surface area contributed by atoms with E-state index in [9.17, 15) is 24.0 Å². The average molecular weight is 1010 g/mol. The van der Waals surface area contributed by atoms with Crippen molar-refractivity contribution in [3.63, 3.8) is 0 Å². The summed E-state index contributed by atoms with van der Waals surface area (Å²) >= 11 is 11.7. The Balaban J connectivity index is 0.000000446. The van der Waals surface area contributed by atoms with Crippen LogP contribution in [0.3, 0.4) is 0 Å². The molecule has 0 bridgehead atoms. The second-order valence-electron chi connectivity index (χ2n) is 17.5. The van der Waals surface area contributed by atoms with E-state index in [-0.39, 0.29) is 29.2 Å². The van der Waals surface area contributed by atoms with Crippen LogP contribution >= 0.6 is 23.2 Å². The lowest BCUT2D eigenvalue weighted by atomic mass is 10.0. The van der Waals surface area contributed by atoms with Crippen molar-refractivity contribution in [3.05, 3.63) is 190 Å². The predicted octanol–water partition coefficient (Wildman–Crippen LogP) is 12.9. The minimum Gasteiger partial charge on any atom is -0.478 e. The van der Waals surface area contributed by atoms with Gasteiger partial charge in [0.1, 0.15) is 17.3 Å². The van der Waals surface area contributed by atoms with Gasteiger partial charge in [0.15, 0.2) is 22.8 Å². The summed E-state index contributed by atoms with van der Waals surface area (Å²) in [5.41, 5.74) is 5.36. The van der Waals surface area contributed by atoms with Crippen LogP contribution in [0.4, 0.5) is 0 Å². The number of ketones is 3. The lowest BCUT2D eigenvalue weighted by Gasteiger charge is -2.25. The number of amides is 2. The van der Waals surface area contributed by atoms with Crippen molar-refractivity contribution in [2.75, 3.05) is 19.6 Å². The summed E-state index contributed by atoms with van der Waals surface area (Å²) in [6.07, 6.45) is 30.0. The fourth-order valence-corrected chi connectivity index (χ4v) is 6.83. The smallest absolute Gasteiger partial charge is 0.263 e. The van der Waals surface area contributed by atoms with Gasteiger partial charge in [0, 0.05) is 64.8 Å². The van der Waals surface area contributed by atoms with Crippen LogP contribution in [0.1, 0.15) is 131 Å². The molecule has 0 saturated heterocycles. The quantitative estimate of drug-likeness (QED) is 0.0276. The van der Waals surface area contributed by atoms with Crippen molar-refractivity contribution < 1.29 is 33.4 Å². The van der Waals surface area contributed by atoms with Crippen LogP contribution in [0.2, 0.25) is 10.0 Å². The molecule has 0 saturated carbocycles. The average Bonchev–Trinajstić information content (AvgIpc) is 3.35. The minimum absolute atomic E-state index is 0.108. The van der Waals surface area contributed by atoms with Crippen LogP contribution in [0.25, 0.3) is 0 Å². The number of Topliss-reactive ketones (excluding diaryl/α,β-unsaturated/α-hetero) is 1. The number of allylic oxidation sites excluding steroid dienone is 10. The number of carbonyl (C=O) groups excluding carboxylic acids is 5. The maximum atomic E-state index is 12.7. The SMILES string of the molecule is CC(C)(Oc1ccc(C(=O)c2ccc(Cl)cc2)cc1)C(=O)NCCN.CC/C=C\C/C=C\C/C=C\C/C=C\C/C=C\CCCC(=O)CCCNC(=O)C(C)(C)Oc1ccc(C(=O)c2ccc(Cl)cc2)cc1. The van der Waals surface area contributed by atoms with Crippen LogP contribution in [-0.4, -0.2) is 60.0 Å². The number of hydrogen-bond donors (Lipinski definition) is 3. The number of benzene rings is 4. The molecule has 4 aromatic rings. The van der Waals surface area contributed by atoms with Gasteiger partial charge >= 0.3 is 0 Å². The minimum atomic E-state index is -1.12. The molecule has 0 fully saturated rings. The summed E-state index contributed by atoms with van der Waals surface area (Å²) in [7, 11) is 0. The third kappa shape index (κ3) is 23.4. The molecule has 4 aromatic carbocycles. The van der Waals surface area contributed by atoms with Crippen LogP contribution in [0.15, 0.2) is 158 Å². The van der Waals surface area contributed by atoms with Crippen molar-refractivity contribution in [2.24, 2.45) is 5.73 Å². The first-order valence-corrected chi connectivity index (χ1v) is 25.0. The fourth-order valence-electron chi connectivity index (χ4n) is 6.58. The number of rotatable bonds is 29. The second kappa shape index (κ2) is 32.5. The topological polar surface area (TPSA) is 154 Å². The molecule has 10 nitrogen and oxygen atoms in total. The molecule has 2 amide bonds. The Bertz CT molecular complexity index is 2420. The number of halogens is 2. The maximum Gasteiger partial charge on any atom is 0.263 e. The fraction of sp³-hybridized carbons (Fsp3) is 0.339. The molecule has 378 valence electrons. The van der Waals surface area contributed by atoms with Gasteiger partial charge in [-0.25, -0.2) is 0 Å². The van der Waals surface area contributed by atoms with Gasteiger partial charge in [-0.2, -0.15) is 0 Å². The zero-order chi connectivity index (χ0) is 51.9. The zero-order valence-corrected chi connectivity index (χ0v) is 43.4. The molecule has 0 aliphatic rings. The van der Waals surface area contributed by atoms with E-state index in [1.165, 1.54) is 0 Å². The van der Waals surface area contributed by atoms with Gasteiger partial charge in [-0.3, -0.25) is 24.0 Å². The standard InChI is InChI=1S/C40H50ClNO4.C19H21ClN2O3/c1-4-5-6-7-8-9-10-11-12-13-14-15-16-17-18-19-20-22-36(43)23-21-32-42-39(45)40(2,3)46-37-30-26-34(27-31-37)38(44)33-24-28-35(41)29-25-33;1-19(2,18(24)22-12-11-21)25-16-9-5-14(6-10-16)17(23)13-3-7-15(20)8-4-13/h5-6,8-9,11-12,14-15,17-18,24-31H,4,7,10,13,16,19-23,32H2,1-3H3,(H,42,45);3-10H,11-12,21H2,1-2H3,(H,22,24)/b6-5-,9-8-,12-11-,15-14-,18-17-;. The predicted molar refractivity (Wildman–Crippen MR) is 290 cm³/mol. The Hall–Kier alpha value is -6.33. The third-order valence-corrected chi connectivity index (χ3v) is 11.1. The lowest BCUT2D eigenvalue weighted by molar-refractivity contribution is -0.134. The van der Waals surface area contributed by atoms with E-state index in [4.69, 9.17) is 38.4 Å². The second-order valence-corrected chi connectivity index (χ2v) is 18.4. The van der Waals surface area contributed by atoms with E-state index in [1.807, 2.05) is 0 Å². The number of hydrogen-bond acceptors (Lipinski definition) is 8. The number of nitrogens with two attached hydrogens (primary N) is 1. The first-order chi connectivity index (χ1) is 34.1. The third-order valence-electron chi connectivity index (χ3n) is 10.6. The van der Waals surface area contributed by atoms with Crippen molar-refractivity contribution in [1.29, 1.82) is 0 Å². The highest BCUT2D eigenvalue weighted by molar-refractivity contribution is 6.31.